The molecule has 140 valence electrons. The molecule has 0 saturated heterocycles. The fraction of sp³-hybridized carbons (Fsp3) is 0.320. The molecule has 2 aliphatic heterocycles. The van der Waals surface area contributed by atoms with Crippen LogP contribution in [0.15, 0.2) is 66.8 Å². The predicted molar refractivity (Wildman–Crippen MR) is 110 cm³/mol. The molecule has 0 amide bonds. The Labute approximate surface area is 165 Å². The predicted octanol–water partition coefficient (Wildman–Crippen LogP) is 5.28. The van der Waals surface area contributed by atoms with E-state index < -0.39 is 5.97 Å². The van der Waals surface area contributed by atoms with E-state index in [1.165, 1.54) is 22.4 Å². The van der Waals surface area contributed by atoms with Crippen molar-refractivity contribution in [3.8, 4) is 0 Å². The van der Waals surface area contributed by atoms with Crippen LogP contribution in [0.5, 0.6) is 0 Å². The molecular weight excluding hydrogens is 346 g/mol. The molecule has 0 bridgehead atoms. The molecule has 3 nitrogen and oxygen atoms in total. The zero-order valence-corrected chi connectivity index (χ0v) is 15.7. The largest absolute Gasteiger partial charge is 0.478 e. The highest BCUT2D eigenvalue weighted by Gasteiger charge is 2.47. The highest BCUT2D eigenvalue weighted by molar-refractivity contribution is 5.90. The summed E-state index contributed by atoms with van der Waals surface area (Å²) in [6.45, 7) is 1.05. The van der Waals surface area contributed by atoms with Gasteiger partial charge < -0.3 is 10.0 Å². The molecular formula is C25H23NO2. The van der Waals surface area contributed by atoms with Crippen LogP contribution in [0.4, 0.5) is 5.69 Å². The van der Waals surface area contributed by atoms with Crippen LogP contribution in [0.1, 0.15) is 57.8 Å². The zero-order valence-electron chi connectivity index (χ0n) is 15.7. The lowest BCUT2D eigenvalue weighted by atomic mass is 9.70. The van der Waals surface area contributed by atoms with Crippen molar-refractivity contribution in [2.75, 3.05) is 11.4 Å². The summed E-state index contributed by atoms with van der Waals surface area (Å²) in [5.41, 5.74) is 5.56. The maximum atomic E-state index is 11.9. The van der Waals surface area contributed by atoms with Gasteiger partial charge in [-0.1, -0.05) is 54.6 Å². The van der Waals surface area contributed by atoms with Gasteiger partial charge in [0.1, 0.15) is 0 Å². The molecule has 2 aliphatic carbocycles. The summed E-state index contributed by atoms with van der Waals surface area (Å²) in [7, 11) is 0. The van der Waals surface area contributed by atoms with Crippen LogP contribution in [0.3, 0.4) is 0 Å². The van der Waals surface area contributed by atoms with Gasteiger partial charge in [-0.05, 0) is 53.5 Å². The zero-order chi connectivity index (χ0) is 18.8. The number of carboxylic acids is 1. The molecule has 2 heterocycles. The third-order valence-corrected chi connectivity index (χ3v) is 7.24. The fourth-order valence-corrected chi connectivity index (χ4v) is 6.13. The van der Waals surface area contributed by atoms with E-state index in [0.29, 0.717) is 35.3 Å². The third kappa shape index (κ3) is 2.13. The maximum Gasteiger partial charge on any atom is 0.335 e. The quantitative estimate of drug-likeness (QED) is 0.732. The minimum absolute atomic E-state index is 0.302. The van der Waals surface area contributed by atoms with Crippen LogP contribution >= 0.6 is 0 Å². The summed E-state index contributed by atoms with van der Waals surface area (Å²) in [5, 5.41) is 9.75. The molecule has 0 unspecified atom stereocenters. The molecule has 2 aromatic rings. The fourth-order valence-electron chi connectivity index (χ4n) is 6.13. The molecule has 0 spiro atoms. The Balaban J connectivity index is 1.61. The molecule has 0 fully saturated rings. The summed E-state index contributed by atoms with van der Waals surface area (Å²) in [6, 6.07) is 15.1. The first kappa shape index (κ1) is 16.2. The van der Waals surface area contributed by atoms with E-state index >= 15 is 0 Å². The van der Waals surface area contributed by atoms with Crippen LogP contribution in [-0.2, 0) is 0 Å². The number of benzene rings is 2. The monoisotopic (exact) mass is 369 g/mol. The average Bonchev–Trinajstić information content (AvgIpc) is 3.38. The second-order valence-electron chi connectivity index (χ2n) is 8.62. The van der Waals surface area contributed by atoms with Crippen molar-refractivity contribution in [3.63, 3.8) is 0 Å². The molecule has 6 rings (SSSR count). The maximum absolute atomic E-state index is 11.9. The first-order valence-corrected chi connectivity index (χ1v) is 10.3. The molecule has 4 aliphatic rings. The van der Waals surface area contributed by atoms with E-state index in [-0.39, 0.29) is 0 Å². The van der Waals surface area contributed by atoms with Gasteiger partial charge in [0.25, 0.3) is 0 Å². The van der Waals surface area contributed by atoms with Crippen molar-refractivity contribution in [2.24, 2.45) is 11.8 Å². The topological polar surface area (TPSA) is 40.5 Å². The highest BCUT2D eigenvalue weighted by Crippen LogP contribution is 2.58. The summed E-state index contributed by atoms with van der Waals surface area (Å²) < 4.78 is 0. The Kier molecular flexibility index (Phi) is 3.37. The van der Waals surface area contributed by atoms with E-state index in [9.17, 15) is 9.90 Å². The van der Waals surface area contributed by atoms with Gasteiger partial charge in [0.2, 0.25) is 0 Å². The smallest absolute Gasteiger partial charge is 0.335 e. The molecule has 0 aromatic heterocycles. The molecule has 2 aromatic carbocycles. The van der Waals surface area contributed by atoms with Crippen molar-refractivity contribution in [1.29, 1.82) is 0 Å². The van der Waals surface area contributed by atoms with Gasteiger partial charge in [-0.15, -0.1) is 0 Å². The van der Waals surface area contributed by atoms with Gasteiger partial charge >= 0.3 is 5.97 Å². The van der Waals surface area contributed by atoms with Crippen LogP contribution in [-0.4, -0.2) is 17.6 Å². The van der Waals surface area contributed by atoms with E-state index in [1.54, 1.807) is 0 Å². The minimum atomic E-state index is -0.821. The lowest BCUT2D eigenvalue weighted by Crippen LogP contribution is -2.46. The van der Waals surface area contributed by atoms with Gasteiger partial charge in [0.15, 0.2) is 0 Å². The second kappa shape index (κ2) is 5.84. The first-order valence-electron chi connectivity index (χ1n) is 10.3. The Morgan fingerprint density at radius 1 is 0.964 bits per heavy atom. The number of allylic oxidation sites excluding steroid dienone is 4. The normalized spacial score (nSPS) is 31.4. The van der Waals surface area contributed by atoms with Crippen molar-refractivity contribution >= 4 is 11.7 Å². The van der Waals surface area contributed by atoms with Crippen LogP contribution < -0.4 is 4.90 Å². The molecule has 0 saturated carbocycles. The standard InChI is InChI=1S/C25H23NO2/c27-25(28)17-12-21-18-9-4-8-16(18)14-26-23(15-6-2-1-3-7-15)20-11-5-10-19(20)22(13-17)24(21)26/h1-7,9-10,12-13,16,18-20,23H,8,11,14H2,(H,27,28)/t16-,18-,19-,20+,23-/m1/s1. The SMILES string of the molecule is O=C(O)c1cc2c3c(c1)[C@@H]1C=CC[C@@H]1[C@@H](c1ccccc1)N3C[C@H]1CC=C[C@@H]21. The Morgan fingerprint density at radius 3 is 2.46 bits per heavy atom. The van der Waals surface area contributed by atoms with Crippen molar-refractivity contribution < 1.29 is 9.90 Å². The van der Waals surface area contributed by atoms with Gasteiger partial charge in [-0.2, -0.15) is 0 Å². The average molecular weight is 369 g/mol. The summed E-state index contributed by atoms with van der Waals surface area (Å²) >= 11 is 0. The number of carboxylic acid groups (broad SMARTS) is 1. The van der Waals surface area contributed by atoms with Crippen LogP contribution in [0, 0.1) is 11.8 Å². The van der Waals surface area contributed by atoms with Crippen molar-refractivity contribution in [1.82, 2.24) is 0 Å². The summed E-state index contributed by atoms with van der Waals surface area (Å²) in [5.74, 6) is 0.844. The van der Waals surface area contributed by atoms with E-state index in [4.69, 9.17) is 0 Å². The number of hydrogen-bond acceptors (Lipinski definition) is 2. The van der Waals surface area contributed by atoms with Crippen molar-refractivity contribution in [2.45, 2.75) is 30.7 Å². The number of rotatable bonds is 2. The first-order chi connectivity index (χ1) is 13.7. The number of aromatic carboxylic acids is 1. The number of nitrogens with zero attached hydrogens (tertiary/aromatic N) is 1. The number of carbonyl (C=O) groups is 1. The molecule has 3 heteroatoms. The van der Waals surface area contributed by atoms with Gasteiger partial charge in [0.05, 0.1) is 11.6 Å². The van der Waals surface area contributed by atoms with E-state index in [0.717, 1.165) is 19.4 Å². The van der Waals surface area contributed by atoms with E-state index in [1.807, 2.05) is 12.1 Å². The lowest BCUT2D eigenvalue weighted by Gasteiger charge is -2.51. The Morgan fingerprint density at radius 2 is 1.68 bits per heavy atom. The van der Waals surface area contributed by atoms with E-state index in [2.05, 4.69) is 59.5 Å². The van der Waals surface area contributed by atoms with Crippen LogP contribution in [0.2, 0.25) is 0 Å². The minimum Gasteiger partial charge on any atom is -0.478 e. The lowest BCUT2D eigenvalue weighted by molar-refractivity contribution is 0.0696. The number of anilines is 1. The Bertz CT molecular complexity index is 1010. The number of fused-ring (bicyclic) bond motifs is 4. The Hall–Kier alpha value is -2.81. The number of hydrogen-bond donors (Lipinski definition) is 1. The third-order valence-electron chi connectivity index (χ3n) is 7.24. The van der Waals surface area contributed by atoms with Gasteiger partial charge in [-0.3, -0.25) is 0 Å². The highest BCUT2D eigenvalue weighted by atomic mass is 16.4. The van der Waals surface area contributed by atoms with Crippen LogP contribution in [0.25, 0.3) is 0 Å². The van der Waals surface area contributed by atoms with Gasteiger partial charge in [-0.25, -0.2) is 4.79 Å². The summed E-state index contributed by atoms with van der Waals surface area (Å²) in [6.07, 6.45) is 11.3. The molecule has 28 heavy (non-hydrogen) atoms. The second-order valence-corrected chi connectivity index (χ2v) is 8.62. The molecule has 0 radical (unpaired) electrons. The van der Waals surface area contributed by atoms with Gasteiger partial charge in [0, 0.05) is 24.1 Å². The summed E-state index contributed by atoms with van der Waals surface area (Å²) in [4.78, 5) is 14.5. The molecule has 5 atom stereocenters. The molecule has 1 N–H and O–H groups in total. The van der Waals surface area contributed by atoms with Crippen molar-refractivity contribution in [3.05, 3.63) is 89.0 Å².